The molecule has 0 amide bonds. The van der Waals surface area contributed by atoms with Crippen LogP contribution in [-0.4, -0.2) is 0 Å². The second-order valence-corrected chi connectivity index (χ2v) is 0. The molecule has 0 saturated heterocycles. The third-order valence-electron chi connectivity index (χ3n) is 0. The first-order chi connectivity index (χ1) is 1.00. The van der Waals surface area contributed by atoms with Gasteiger partial charge in [-0.2, -0.15) is 0 Å². The molecule has 0 aromatic carbocycles. The minimum atomic E-state index is 0. The zero-order valence-electron chi connectivity index (χ0n) is 2.05. The van der Waals surface area contributed by atoms with Gasteiger partial charge in [0.15, 0.2) is 0 Å². The van der Waals surface area contributed by atoms with Crippen LogP contribution in [0, 0.1) is 35.6 Å². The third-order valence-corrected chi connectivity index (χ3v) is 0. The van der Waals surface area contributed by atoms with Crippen LogP contribution in [0.4, 0.5) is 0 Å². The Morgan fingerprint density at radius 3 is 1.20 bits per heavy atom. The Kier molecular flexibility index (Phi) is 160. The summed E-state index contributed by atoms with van der Waals surface area (Å²) in [6.07, 6.45) is 0. The first-order valence-corrected chi connectivity index (χ1v) is 0.636. The van der Waals surface area contributed by atoms with E-state index in [1.165, 1.54) is 0 Å². The van der Waals surface area contributed by atoms with Gasteiger partial charge in [-0.05, 0) is 0 Å². The summed E-state index contributed by atoms with van der Waals surface area (Å²) in [5.41, 5.74) is 0. The Balaban J connectivity index is -0.00000000167. The molecule has 0 aliphatic rings. The van der Waals surface area contributed by atoms with E-state index >= 15 is 0 Å². The fourth-order valence-electron chi connectivity index (χ4n) is 0. The fourth-order valence-corrected chi connectivity index (χ4v) is 0. The third kappa shape index (κ3) is 20.9. The molecular formula is CoFeLaMnO. The van der Waals surface area contributed by atoms with E-state index in [9.17, 15) is 0 Å². The van der Waals surface area contributed by atoms with Gasteiger partial charge < -0.3 is 0 Å². The molecule has 2 radical (unpaired) electrons. The van der Waals surface area contributed by atoms with E-state index in [0.717, 1.165) is 0 Å². The van der Waals surface area contributed by atoms with Crippen LogP contribution < -0.4 is 0 Å². The van der Waals surface area contributed by atoms with Gasteiger partial charge in [0.1, 0.15) is 0 Å². The molecule has 0 fully saturated rings. The molecule has 0 heterocycles. The standard InChI is InChI=1S/Co.Fe.La.Mn.O. The van der Waals surface area contributed by atoms with Crippen molar-refractivity contribution in [2.24, 2.45) is 0 Å². The number of hydrogen-bond donors (Lipinski definition) is 0. The zero-order valence-corrected chi connectivity index (χ0v) is 9.00. The van der Waals surface area contributed by atoms with Crippen LogP contribution >= 0.6 is 0 Å². The van der Waals surface area contributed by atoms with Gasteiger partial charge >= 0.3 is 19.8 Å². The Morgan fingerprint density at radius 2 is 1.20 bits per heavy atom. The summed E-state index contributed by atoms with van der Waals surface area (Å²) in [4.78, 5) is 0. The van der Waals surface area contributed by atoms with E-state index in [1.54, 1.807) is 15.9 Å². The van der Waals surface area contributed by atoms with Gasteiger partial charge in [-0.3, -0.25) is 0 Å². The Bertz CT molecular complexity index is 11.6. The van der Waals surface area contributed by atoms with Gasteiger partial charge in [0, 0.05) is 69.4 Å². The van der Waals surface area contributed by atoms with Gasteiger partial charge in [-0.15, -0.1) is 0 Å². The summed E-state index contributed by atoms with van der Waals surface area (Å²) in [7, 11) is 0. The Hall–Kier alpha value is 2.54. The SMILES string of the molecule is [Co].[Fe].[La].[O]=[Mn]. The van der Waals surface area contributed by atoms with Crippen molar-refractivity contribution in [3.05, 3.63) is 0 Å². The molecule has 0 unspecified atom stereocenters. The molecule has 0 aliphatic carbocycles. The molecule has 1 nitrogen and oxygen atoms in total. The average molecular weight is 325 g/mol. The van der Waals surface area contributed by atoms with Crippen molar-refractivity contribution in [3.8, 4) is 0 Å². The van der Waals surface area contributed by atoms with Crippen molar-refractivity contribution in [3.63, 3.8) is 0 Å². The molecule has 0 bridgehead atoms. The van der Waals surface area contributed by atoms with Gasteiger partial charge in [0.2, 0.25) is 0 Å². The van der Waals surface area contributed by atoms with Crippen LogP contribution in [0.5, 0.6) is 0 Å². The molecular weight excluding hydrogens is 325 g/mol. The average Bonchev–Trinajstić information content (AvgIpc) is 1.00. The Morgan fingerprint density at radius 1 is 1.20 bits per heavy atom. The normalized spacial score (nSPS) is 0.800. The maximum atomic E-state index is 8.06. The van der Waals surface area contributed by atoms with Crippen molar-refractivity contribution < 1.29 is 89.2 Å². The van der Waals surface area contributed by atoms with Gasteiger partial charge in [0.25, 0.3) is 0 Å². The van der Waals surface area contributed by atoms with E-state index in [-0.39, 0.29) is 69.4 Å². The summed E-state index contributed by atoms with van der Waals surface area (Å²) in [6, 6.07) is 0. The molecule has 0 aromatic heterocycles. The molecule has 0 rings (SSSR count). The quantitative estimate of drug-likeness (QED) is 0.568. The fraction of sp³-hybridized carbons (Fsp3) is 0. The molecule has 5 heavy (non-hydrogen) atoms. The zero-order chi connectivity index (χ0) is 2.00. The van der Waals surface area contributed by atoms with Crippen LogP contribution in [0.2, 0.25) is 0 Å². The molecule has 0 spiro atoms. The van der Waals surface area contributed by atoms with Crippen LogP contribution in [-0.2, 0) is 53.6 Å². The minimum absolute atomic E-state index is 0. The van der Waals surface area contributed by atoms with E-state index < -0.39 is 0 Å². The van der Waals surface area contributed by atoms with Crippen molar-refractivity contribution in [2.75, 3.05) is 0 Å². The van der Waals surface area contributed by atoms with Crippen molar-refractivity contribution in [1.82, 2.24) is 0 Å². The van der Waals surface area contributed by atoms with E-state index in [1.807, 2.05) is 0 Å². The van der Waals surface area contributed by atoms with Gasteiger partial charge in [-0.1, -0.05) is 0 Å². The molecule has 0 aromatic rings. The molecule has 0 N–H and O–H groups in total. The van der Waals surface area contributed by atoms with Gasteiger partial charge in [-0.25, -0.2) is 0 Å². The first kappa shape index (κ1) is 25.7. The van der Waals surface area contributed by atoms with E-state index in [4.69, 9.17) is 3.83 Å². The molecule has 0 aliphatic heterocycles. The molecule has 0 atom stereocenters. The Labute approximate surface area is 87.7 Å². The molecule has 0 saturated carbocycles. The van der Waals surface area contributed by atoms with Crippen LogP contribution in [0.25, 0.3) is 0 Å². The summed E-state index contributed by atoms with van der Waals surface area (Å²) >= 11 is 1.69. The van der Waals surface area contributed by atoms with E-state index in [0.29, 0.717) is 0 Å². The second kappa shape index (κ2) is 31.1. The van der Waals surface area contributed by atoms with Crippen LogP contribution in [0.1, 0.15) is 0 Å². The molecule has 33 valence electrons. The van der Waals surface area contributed by atoms with Crippen LogP contribution in [0.15, 0.2) is 0 Å². The van der Waals surface area contributed by atoms with E-state index in [2.05, 4.69) is 0 Å². The van der Waals surface area contributed by atoms with Crippen LogP contribution in [0.3, 0.4) is 0 Å². The maximum absolute atomic E-state index is 8.06. The predicted octanol–water partition coefficient (Wildman–Crippen LogP) is -0.126. The van der Waals surface area contributed by atoms with Crippen molar-refractivity contribution >= 4 is 0 Å². The summed E-state index contributed by atoms with van der Waals surface area (Å²) in [5, 5.41) is 0. The second-order valence-electron chi connectivity index (χ2n) is 0. The summed E-state index contributed by atoms with van der Waals surface area (Å²) in [5.74, 6) is 0. The first-order valence-electron chi connectivity index (χ1n) is 0.154. The summed E-state index contributed by atoms with van der Waals surface area (Å²) < 4.78 is 8.06. The monoisotopic (exact) mass is 325 g/mol. The summed E-state index contributed by atoms with van der Waals surface area (Å²) in [6.45, 7) is 0. The van der Waals surface area contributed by atoms with Gasteiger partial charge in [0.05, 0.1) is 0 Å². The van der Waals surface area contributed by atoms with Crippen molar-refractivity contribution in [1.29, 1.82) is 0 Å². The topological polar surface area (TPSA) is 17.1 Å². The van der Waals surface area contributed by atoms with Crippen molar-refractivity contribution in [2.45, 2.75) is 0 Å². The number of hydrogen-bond acceptors (Lipinski definition) is 1. The molecule has 5 heteroatoms. The predicted molar refractivity (Wildman–Crippen MR) is 0.686 cm³/mol. The number of rotatable bonds is 0.